The average Bonchev–Trinajstić information content (AvgIpc) is 3.34. The molecule has 1 aromatic heterocycles. The number of furan rings is 1. The lowest BCUT2D eigenvalue weighted by Gasteiger charge is -2.16. The standard InChI is InChI=1S/C23H14Cl2N2O5S2/c1-11-2-5-14(17(25)8-11)20(28)26-27-21(29)19(34-23(27)33)10-13-4-7-18(32-13)12-3-6-16(24)15(9-12)22(30)31/h2-10H,1H3,(H,26,28)(H,30,31)/b19-10+. The second-order valence-corrected chi connectivity index (χ2v) is 9.63. The Morgan fingerprint density at radius 1 is 1.09 bits per heavy atom. The van der Waals surface area contributed by atoms with Crippen LogP contribution >= 0.6 is 47.2 Å². The van der Waals surface area contributed by atoms with E-state index in [2.05, 4.69) is 5.43 Å². The van der Waals surface area contributed by atoms with Gasteiger partial charge in [-0.05, 0) is 67.2 Å². The van der Waals surface area contributed by atoms with Crippen LogP contribution in [-0.4, -0.2) is 32.2 Å². The Kier molecular flexibility index (Phi) is 6.81. The van der Waals surface area contributed by atoms with Gasteiger partial charge in [-0.25, -0.2) is 4.79 Å². The van der Waals surface area contributed by atoms with E-state index in [-0.39, 0.29) is 30.4 Å². The molecule has 2 heterocycles. The summed E-state index contributed by atoms with van der Waals surface area (Å²) in [7, 11) is 0. The predicted octanol–water partition coefficient (Wildman–Crippen LogP) is 5.81. The lowest BCUT2D eigenvalue weighted by Crippen LogP contribution is -2.44. The van der Waals surface area contributed by atoms with E-state index < -0.39 is 17.8 Å². The molecule has 2 amide bonds. The highest BCUT2D eigenvalue weighted by Crippen LogP contribution is 2.33. The van der Waals surface area contributed by atoms with Crippen molar-refractivity contribution in [3.8, 4) is 11.3 Å². The molecule has 1 aliphatic rings. The molecule has 0 spiro atoms. The number of amides is 2. The Morgan fingerprint density at radius 2 is 1.85 bits per heavy atom. The molecular formula is C23H14Cl2N2O5S2. The number of hydrogen-bond acceptors (Lipinski definition) is 6. The molecule has 0 bridgehead atoms. The lowest BCUT2D eigenvalue weighted by molar-refractivity contribution is -0.123. The number of benzene rings is 2. The van der Waals surface area contributed by atoms with E-state index in [0.29, 0.717) is 17.1 Å². The van der Waals surface area contributed by atoms with Crippen molar-refractivity contribution in [1.82, 2.24) is 10.4 Å². The molecule has 2 aromatic carbocycles. The zero-order chi connectivity index (χ0) is 24.6. The van der Waals surface area contributed by atoms with E-state index in [9.17, 15) is 19.5 Å². The maximum absolute atomic E-state index is 12.8. The summed E-state index contributed by atoms with van der Waals surface area (Å²) in [6, 6.07) is 12.7. The van der Waals surface area contributed by atoms with Gasteiger partial charge in [0.2, 0.25) is 0 Å². The van der Waals surface area contributed by atoms with Crippen molar-refractivity contribution in [3.05, 3.63) is 85.9 Å². The molecule has 1 saturated heterocycles. The predicted molar refractivity (Wildman–Crippen MR) is 135 cm³/mol. The molecule has 0 aliphatic carbocycles. The third kappa shape index (κ3) is 4.88. The number of hydrazine groups is 1. The van der Waals surface area contributed by atoms with Gasteiger partial charge in [0, 0.05) is 11.6 Å². The molecule has 11 heteroatoms. The molecular weight excluding hydrogens is 519 g/mol. The van der Waals surface area contributed by atoms with Gasteiger partial charge in [0.05, 0.1) is 26.1 Å². The number of carboxylic acid groups (broad SMARTS) is 1. The number of nitrogens with one attached hydrogen (secondary N) is 1. The molecule has 1 aliphatic heterocycles. The van der Waals surface area contributed by atoms with Crippen LogP contribution in [0.1, 0.15) is 32.0 Å². The molecule has 3 aromatic rings. The van der Waals surface area contributed by atoms with Crippen LogP contribution in [0.2, 0.25) is 10.0 Å². The van der Waals surface area contributed by atoms with Gasteiger partial charge in [0.15, 0.2) is 4.32 Å². The Hall–Kier alpha value is -3.11. The van der Waals surface area contributed by atoms with Gasteiger partial charge >= 0.3 is 5.97 Å². The highest BCUT2D eigenvalue weighted by Gasteiger charge is 2.34. The van der Waals surface area contributed by atoms with Crippen molar-refractivity contribution in [3.63, 3.8) is 0 Å². The summed E-state index contributed by atoms with van der Waals surface area (Å²) in [5.41, 5.74) is 4.05. The summed E-state index contributed by atoms with van der Waals surface area (Å²) in [4.78, 5) is 37.0. The van der Waals surface area contributed by atoms with Crippen molar-refractivity contribution in [2.45, 2.75) is 6.92 Å². The number of rotatable bonds is 5. The number of carbonyl (C=O) groups is 3. The molecule has 0 atom stereocenters. The van der Waals surface area contributed by atoms with Crippen LogP contribution in [0.15, 0.2) is 57.9 Å². The minimum atomic E-state index is -1.16. The maximum Gasteiger partial charge on any atom is 0.337 e. The molecule has 0 saturated carbocycles. The van der Waals surface area contributed by atoms with E-state index in [1.54, 1.807) is 36.4 Å². The van der Waals surface area contributed by atoms with Gasteiger partial charge in [-0.2, -0.15) is 5.01 Å². The van der Waals surface area contributed by atoms with E-state index in [1.165, 1.54) is 18.2 Å². The Labute approximate surface area is 213 Å². The average molecular weight is 533 g/mol. The summed E-state index contributed by atoms with van der Waals surface area (Å²) in [6.45, 7) is 1.85. The molecule has 172 valence electrons. The van der Waals surface area contributed by atoms with E-state index >= 15 is 0 Å². The van der Waals surface area contributed by atoms with Crippen LogP contribution in [0, 0.1) is 6.92 Å². The number of hydrogen-bond donors (Lipinski definition) is 2. The molecule has 7 nitrogen and oxygen atoms in total. The zero-order valence-electron chi connectivity index (χ0n) is 17.3. The first-order chi connectivity index (χ1) is 16.1. The molecule has 0 radical (unpaired) electrons. The van der Waals surface area contributed by atoms with Crippen LogP contribution in [0.25, 0.3) is 17.4 Å². The fraction of sp³-hybridized carbons (Fsp3) is 0.0435. The summed E-state index contributed by atoms with van der Waals surface area (Å²) in [5.74, 6) is -1.52. The van der Waals surface area contributed by atoms with E-state index in [1.807, 2.05) is 6.92 Å². The van der Waals surface area contributed by atoms with Gasteiger partial charge in [-0.1, -0.05) is 41.0 Å². The largest absolute Gasteiger partial charge is 0.478 e. The van der Waals surface area contributed by atoms with Crippen molar-refractivity contribution in [1.29, 1.82) is 0 Å². The van der Waals surface area contributed by atoms with Crippen molar-refractivity contribution in [2.75, 3.05) is 0 Å². The van der Waals surface area contributed by atoms with Gasteiger partial charge in [-0.3, -0.25) is 15.0 Å². The third-order valence-corrected chi connectivity index (χ3v) is 6.70. The van der Waals surface area contributed by atoms with Gasteiger partial charge < -0.3 is 9.52 Å². The highest BCUT2D eigenvalue weighted by molar-refractivity contribution is 8.26. The third-order valence-electron chi connectivity index (χ3n) is 4.76. The Bertz CT molecular complexity index is 1400. The monoisotopic (exact) mass is 532 g/mol. The van der Waals surface area contributed by atoms with Crippen LogP contribution < -0.4 is 5.43 Å². The fourth-order valence-electron chi connectivity index (χ4n) is 3.09. The van der Waals surface area contributed by atoms with Crippen LogP contribution in [-0.2, 0) is 4.79 Å². The first-order valence-corrected chi connectivity index (χ1v) is 11.6. The summed E-state index contributed by atoms with van der Waals surface area (Å²) < 4.78 is 5.90. The fourth-order valence-corrected chi connectivity index (χ4v) is 4.77. The molecule has 4 rings (SSSR count). The van der Waals surface area contributed by atoms with E-state index in [4.69, 9.17) is 39.8 Å². The summed E-state index contributed by atoms with van der Waals surface area (Å²) in [6.07, 6.45) is 1.49. The quantitative estimate of drug-likeness (QED) is 0.316. The smallest absolute Gasteiger partial charge is 0.337 e. The van der Waals surface area contributed by atoms with E-state index in [0.717, 1.165) is 22.3 Å². The molecule has 34 heavy (non-hydrogen) atoms. The minimum absolute atomic E-state index is 0.0533. The number of carbonyl (C=O) groups excluding carboxylic acids is 2. The highest BCUT2D eigenvalue weighted by atomic mass is 35.5. The van der Waals surface area contributed by atoms with Gasteiger partial charge in [0.1, 0.15) is 11.5 Å². The number of nitrogens with zero attached hydrogens (tertiary/aromatic N) is 1. The molecule has 2 N–H and O–H groups in total. The molecule has 0 unspecified atom stereocenters. The van der Waals surface area contributed by atoms with Crippen molar-refractivity contribution < 1.29 is 23.9 Å². The molecule has 1 fully saturated rings. The van der Waals surface area contributed by atoms with Crippen LogP contribution in [0.4, 0.5) is 0 Å². The number of aryl methyl sites for hydroxylation is 1. The SMILES string of the molecule is Cc1ccc(C(=O)NN2C(=O)/C(=C\c3ccc(-c4ccc(Cl)c(C(=O)O)c4)o3)SC2=S)c(Cl)c1. The van der Waals surface area contributed by atoms with Gasteiger partial charge in [0.25, 0.3) is 11.8 Å². The normalized spacial score (nSPS) is 14.7. The number of thioether (sulfide) groups is 1. The van der Waals surface area contributed by atoms with Crippen LogP contribution in [0.3, 0.4) is 0 Å². The summed E-state index contributed by atoms with van der Waals surface area (Å²) >= 11 is 18.3. The number of halogens is 2. The topological polar surface area (TPSA) is 99.9 Å². The Balaban J connectivity index is 1.53. The van der Waals surface area contributed by atoms with Crippen molar-refractivity contribution in [2.24, 2.45) is 0 Å². The van der Waals surface area contributed by atoms with Gasteiger partial charge in [-0.15, -0.1) is 0 Å². The second-order valence-electron chi connectivity index (χ2n) is 7.14. The number of thiocarbonyl (C=S) groups is 1. The van der Waals surface area contributed by atoms with Crippen LogP contribution in [0.5, 0.6) is 0 Å². The zero-order valence-corrected chi connectivity index (χ0v) is 20.4. The maximum atomic E-state index is 12.8. The first-order valence-electron chi connectivity index (χ1n) is 9.62. The van der Waals surface area contributed by atoms with Crippen molar-refractivity contribution >= 4 is 75.4 Å². The summed E-state index contributed by atoms with van der Waals surface area (Å²) in [5, 5.41) is 10.6. The second kappa shape index (κ2) is 9.63. The minimum Gasteiger partial charge on any atom is -0.478 e. The Morgan fingerprint density at radius 3 is 2.56 bits per heavy atom. The lowest BCUT2D eigenvalue weighted by atomic mass is 10.1. The first kappa shape index (κ1) is 24.0. The number of carboxylic acids is 1. The number of aromatic carboxylic acids is 1.